The molecule has 1 aliphatic rings. The van der Waals surface area contributed by atoms with Gasteiger partial charge >= 0.3 is 0 Å². The molecule has 1 fully saturated rings. The second-order valence-corrected chi connectivity index (χ2v) is 4.89. The van der Waals surface area contributed by atoms with E-state index in [0.717, 1.165) is 18.7 Å². The molecule has 1 N–H and O–H groups in total. The Morgan fingerprint density at radius 1 is 1.47 bits per heavy atom. The van der Waals surface area contributed by atoms with Crippen LogP contribution in [0.3, 0.4) is 0 Å². The van der Waals surface area contributed by atoms with Crippen LogP contribution in [0.4, 0.5) is 0 Å². The fourth-order valence-corrected chi connectivity index (χ4v) is 2.54. The van der Waals surface area contributed by atoms with Gasteiger partial charge in [-0.1, -0.05) is 36.8 Å². The van der Waals surface area contributed by atoms with Crippen molar-refractivity contribution in [3.8, 4) is 0 Å². The summed E-state index contributed by atoms with van der Waals surface area (Å²) in [5, 5.41) is 10.7. The number of likely N-dealkylation sites (N-methyl/N-ethyl adjacent to an activating group) is 1. The third-order valence-corrected chi connectivity index (χ3v) is 3.43. The van der Waals surface area contributed by atoms with E-state index in [2.05, 4.69) is 37.9 Å². The van der Waals surface area contributed by atoms with Gasteiger partial charge in [0.1, 0.15) is 5.60 Å². The van der Waals surface area contributed by atoms with Crippen LogP contribution in [0, 0.1) is 12.8 Å². The molecule has 0 spiro atoms. The molecule has 0 radical (unpaired) electrons. The SMILES string of the molecule is Cc1cccc([C@@]2(O)CN(C)C[C@@H]2C)c1. The van der Waals surface area contributed by atoms with Gasteiger partial charge in [0.05, 0.1) is 0 Å². The average Bonchev–Trinajstić information content (AvgIpc) is 2.42. The molecule has 1 aromatic carbocycles. The molecule has 0 saturated carbocycles. The molecule has 2 rings (SSSR count). The highest BCUT2D eigenvalue weighted by molar-refractivity contribution is 5.29. The predicted molar refractivity (Wildman–Crippen MR) is 61.7 cm³/mol. The van der Waals surface area contributed by atoms with E-state index in [1.165, 1.54) is 5.56 Å². The van der Waals surface area contributed by atoms with Crippen LogP contribution in [0.5, 0.6) is 0 Å². The first-order valence-electron chi connectivity index (χ1n) is 5.50. The van der Waals surface area contributed by atoms with Gasteiger partial charge in [0.15, 0.2) is 0 Å². The zero-order valence-corrected chi connectivity index (χ0v) is 9.70. The van der Waals surface area contributed by atoms with E-state index < -0.39 is 5.60 Å². The lowest BCUT2D eigenvalue weighted by molar-refractivity contribution is 0.0146. The van der Waals surface area contributed by atoms with E-state index in [9.17, 15) is 5.11 Å². The summed E-state index contributed by atoms with van der Waals surface area (Å²) < 4.78 is 0. The highest BCUT2D eigenvalue weighted by atomic mass is 16.3. The van der Waals surface area contributed by atoms with Crippen molar-refractivity contribution < 1.29 is 5.11 Å². The summed E-state index contributed by atoms with van der Waals surface area (Å²) >= 11 is 0. The molecule has 1 heterocycles. The molecule has 0 amide bonds. The number of aliphatic hydroxyl groups is 1. The zero-order chi connectivity index (χ0) is 11.1. The molecule has 1 aromatic rings. The molecule has 2 atom stereocenters. The second-order valence-electron chi connectivity index (χ2n) is 4.89. The van der Waals surface area contributed by atoms with Crippen LogP contribution in [0.1, 0.15) is 18.1 Å². The first-order chi connectivity index (χ1) is 7.02. The van der Waals surface area contributed by atoms with Crippen molar-refractivity contribution in [2.75, 3.05) is 20.1 Å². The minimum Gasteiger partial charge on any atom is -0.383 e. The molecule has 15 heavy (non-hydrogen) atoms. The first kappa shape index (κ1) is 10.7. The minimum absolute atomic E-state index is 0.296. The summed E-state index contributed by atoms with van der Waals surface area (Å²) in [4.78, 5) is 2.19. The first-order valence-corrected chi connectivity index (χ1v) is 5.50. The van der Waals surface area contributed by atoms with E-state index in [1.807, 2.05) is 12.1 Å². The summed E-state index contributed by atoms with van der Waals surface area (Å²) in [7, 11) is 2.06. The normalized spacial score (nSPS) is 32.1. The predicted octanol–water partition coefficient (Wildman–Crippen LogP) is 1.76. The second kappa shape index (κ2) is 3.62. The summed E-state index contributed by atoms with van der Waals surface area (Å²) in [6.45, 7) is 5.88. The molecule has 0 aliphatic carbocycles. The summed E-state index contributed by atoms with van der Waals surface area (Å²) in [6.07, 6.45) is 0. The van der Waals surface area contributed by atoms with Gasteiger partial charge in [-0.3, -0.25) is 0 Å². The number of rotatable bonds is 1. The van der Waals surface area contributed by atoms with Crippen LogP contribution in [-0.4, -0.2) is 30.1 Å². The van der Waals surface area contributed by atoms with Gasteiger partial charge in [0, 0.05) is 19.0 Å². The molecular weight excluding hydrogens is 186 g/mol. The van der Waals surface area contributed by atoms with Crippen molar-refractivity contribution in [1.29, 1.82) is 0 Å². The Kier molecular flexibility index (Phi) is 2.57. The van der Waals surface area contributed by atoms with Gasteiger partial charge in [-0.25, -0.2) is 0 Å². The van der Waals surface area contributed by atoms with Crippen molar-refractivity contribution in [2.45, 2.75) is 19.4 Å². The van der Waals surface area contributed by atoms with Gasteiger partial charge < -0.3 is 10.0 Å². The molecule has 2 heteroatoms. The maximum atomic E-state index is 10.7. The maximum Gasteiger partial charge on any atom is 0.106 e. The lowest BCUT2D eigenvalue weighted by Gasteiger charge is -2.27. The van der Waals surface area contributed by atoms with E-state index in [0.29, 0.717) is 5.92 Å². The van der Waals surface area contributed by atoms with E-state index >= 15 is 0 Å². The largest absolute Gasteiger partial charge is 0.383 e. The van der Waals surface area contributed by atoms with Crippen LogP contribution in [0.15, 0.2) is 24.3 Å². The fraction of sp³-hybridized carbons (Fsp3) is 0.538. The smallest absolute Gasteiger partial charge is 0.106 e. The number of likely N-dealkylation sites (tertiary alicyclic amines) is 1. The monoisotopic (exact) mass is 205 g/mol. The summed E-state index contributed by atoms with van der Waals surface area (Å²) in [6, 6.07) is 8.21. The Morgan fingerprint density at radius 3 is 2.73 bits per heavy atom. The standard InChI is InChI=1S/C13H19NO/c1-10-5-4-6-12(7-10)13(15)9-14(3)8-11(13)2/h4-7,11,15H,8-9H2,1-3H3/t11-,13+/m0/s1. The highest BCUT2D eigenvalue weighted by Gasteiger charge is 2.42. The van der Waals surface area contributed by atoms with Crippen LogP contribution >= 0.6 is 0 Å². The topological polar surface area (TPSA) is 23.5 Å². The van der Waals surface area contributed by atoms with E-state index in [4.69, 9.17) is 0 Å². The van der Waals surface area contributed by atoms with Gasteiger partial charge in [-0.05, 0) is 19.5 Å². The molecule has 0 aromatic heterocycles. The minimum atomic E-state index is -0.666. The third-order valence-electron chi connectivity index (χ3n) is 3.43. The maximum absolute atomic E-state index is 10.7. The van der Waals surface area contributed by atoms with Crippen LogP contribution < -0.4 is 0 Å². The quantitative estimate of drug-likeness (QED) is 0.755. The van der Waals surface area contributed by atoms with E-state index in [1.54, 1.807) is 0 Å². The van der Waals surface area contributed by atoms with Crippen molar-refractivity contribution in [3.05, 3.63) is 35.4 Å². The molecule has 82 valence electrons. The number of β-amino-alcohol motifs (C(OH)–C–C–N with tert-alkyl or cyclic N) is 1. The summed E-state index contributed by atoms with van der Waals surface area (Å²) in [5.74, 6) is 0.296. The van der Waals surface area contributed by atoms with Crippen LogP contribution in [0.2, 0.25) is 0 Å². The zero-order valence-electron chi connectivity index (χ0n) is 9.70. The van der Waals surface area contributed by atoms with Crippen molar-refractivity contribution in [3.63, 3.8) is 0 Å². The molecular formula is C13H19NO. The number of benzene rings is 1. The highest BCUT2D eigenvalue weighted by Crippen LogP contribution is 2.36. The lowest BCUT2D eigenvalue weighted by atomic mass is 9.85. The molecule has 2 nitrogen and oxygen atoms in total. The Labute approximate surface area is 91.5 Å². The number of hydrogen-bond donors (Lipinski definition) is 1. The number of hydrogen-bond acceptors (Lipinski definition) is 2. The Hall–Kier alpha value is -0.860. The fourth-order valence-electron chi connectivity index (χ4n) is 2.54. The average molecular weight is 205 g/mol. The molecule has 1 aliphatic heterocycles. The van der Waals surface area contributed by atoms with Gasteiger partial charge in [0.2, 0.25) is 0 Å². The van der Waals surface area contributed by atoms with Gasteiger partial charge in [0.25, 0.3) is 0 Å². The van der Waals surface area contributed by atoms with Crippen LogP contribution in [0.25, 0.3) is 0 Å². The van der Waals surface area contributed by atoms with Gasteiger partial charge in [-0.2, -0.15) is 0 Å². The molecule has 1 saturated heterocycles. The van der Waals surface area contributed by atoms with Crippen molar-refractivity contribution in [1.82, 2.24) is 4.90 Å². The molecule has 0 unspecified atom stereocenters. The summed E-state index contributed by atoms with van der Waals surface area (Å²) in [5.41, 5.74) is 1.60. The third kappa shape index (κ3) is 1.80. The number of aryl methyl sites for hydroxylation is 1. The van der Waals surface area contributed by atoms with Crippen molar-refractivity contribution >= 4 is 0 Å². The molecule has 0 bridgehead atoms. The van der Waals surface area contributed by atoms with Gasteiger partial charge in [-0.15, -0.1) is 0 Å². The van der Waals surface area contributed by atoms with Crippen molar-refractivity contribution in [2.24, 2.45) is 5.92 Å². The van der Waals surface area contributed by atoms with E-state index in [-0.39, 0.29) is 0 Å². The Morgan fingerprint density at radius 2 is 2.20 bits per heavy atom. The Bertz CT molecular complexity index is 363. The Balaban J connectivity index is 2.37. The number of nitrogens with zero attached hydrogens (tertiary/aromatic N) is 1. The lowest BCUT2D eigenvalue weighted by Crippen LogP contribution is -2.33. The van der Waals surface area contributed by atoms with Crippen LogP contribution in [-0.2, 0) is 5.60 Å².